The van der Waals surface area contributed by atoms with Crippen LogP contribution in [0.1, 0.15) is 36.7 Å². The topological polar surface area (TPSA) is 77.8 Å². The number of hydrogen-bond acceptors (Lipinski definition) is 5. The van der Waals surface area contributed by atoms with E-state index in [0.717, 1.165) is 25.3 Å². The third-order valence-corrected chi connectivity index (χ3v) is 4.01. The first-order chi connectivity index (χ1) is 10.9. The summed E-state index contributed by atoms with van der Waals surface area (Å²) in [7, 11) is 0. The molecule has 1 aliphatic heterocycles. The van der Waals surface area contributed by atoms with E-state index < -0.39 is 0 Å². The molecular weight excluding hydrogens is 278 g/mol. The summed E-state index contributed by atoms with van der Waals surface area (Å²) in [5.41, 5.74) is 0.577. The fourth-order valence-electron chi connectivity index (χ4n) is 2.90. The van der Waals surface area contributed by atoms with Crippen LogP contribution in [0.3, 0.4) is 0 Å². The van der Waals surface area contributed by atoms with E-state index in [1.54, 1.807) is 12.4 Å². The molecule has 2 heterocycles. The second-order valence-electron chi connectivity index (χ2n) is 5.37. The number of nitriles is 1. The van der Waals surface area contributed by atoms with Gasteiger partial charge in [0.15, 0.2) is 0 Å². The predicted molar refractivity (Wildman–Crippen MR) is 81.2 cm³/mol. The lowest BCUT2D eigenvalue weighted by Crippen LogP contribution is -2.37. The van der Waals surface area contributed by atoms with Gasteiger partial charge < -0.3 is 4.74 Å². The lowest BCUT2D eigenvalue weighted by molar-refractivity contribution is 0.118. The maximum atomic E-state index is 9.07. The van der Waals surface area contributed by atoms with Crippen molar-refractivity contribution in [2.24, 2.45) is 0 Å². The minimum absolute atomic E-state index is 0.283. The lowest BCUT2D eigenvalue weighted by Gasteiger charge is -2.34. The number of nitrogens with zero attached hydrogens (tertiary/aromatic N) is 4. The molecule has 6 nitrogen and oxygen atoms in total. The summed E-state index contributed by atoms with van der Waals surface area (Å²) in [6.07, 6.45) is 5.05. The van der Waals surface area contributed by atoms with Gasteiger partial charge in [-0.2, -0.15) is 10.4 Å². The minimum atomic E-state index is 0.283. The SMILES string of the molecule is N#Cc1ccccc1OCCN1CCCC[C@@H]1c1ncn[nH]1. The number of nitrogens with one attached hydrogen (secondary N) is 1. The van der Waals surface area contributed by atoms with Crippen LogP contribution in [-0.2, 0) is 0 Å². The largest absolute Gasteiger partial charge is 0.491 e. The highest BCUT2D eigenvalue weighted by atomic mass is 16.5. The summed E-state index contributed by atoms with van der Waals surface area (Å²) < 4.78 is 5.79. The molecule has 1 N–H and O–H groups in total. The molecule has 1 fully saturated rings. The fraction of sp³-hybridized carbons (Fsp3) is 0.438. The number of ether oxygens (including phenoxy) is 1. The van der Waals surface area contributed by atoms with Crippen molar-refractivity contribution in [1.82, 2.24) is 20.1 Å². The molecule has 0 amide bonds. The molecule has 0 spiro atoms. The Balaban J connectivity index is 1.59. The van der Waals surface area contributed by atoms with Gasteiger partial charge in [0.1, 0.15) is 30.6 Å². The number of piperidine rings is 1. The van der Waals surface area contributed by atoms with Gasteiger partial charge in [-0.1, -0.05) is 18.6 Å². The van der Waals surface area contributed by atoms with Gasteiger partial charge >= 0.3 is 0 Å². The van der Waals surface area contributed by atoms with Crippen LogP contribution in [0.15, 0.2) is 30.6 Å². The number of para-hydroxylation sites is 1. The standard InChI is InChI=1S/C16H19N5O/c17-11-13-5-1-2-7-15(13)22-10-9-21-8-4-3-6-14(21)16-18-12-19-20-16/h1-2,5,7,12,14H,3-4,6,8-10H2,(H,18,19,20)/t14-/m1/s1. The van der Waals surface area contributed by atoms with Gasteiger partial charge in [-0.05, 0) is 31.5 Å². The summed E-state index contributed by atoms with van der Waals surface area (Å²) >= 11 is 0. The van der Waals surface area contributed by atoms with E-state index in [-0.39, 0.29) is 6.04 Å². The van der Waals surface area contributed by atoms with Crippen LogP contribution in [0.25, 0.3) is 0 Å². The summed E-state index contributed by atoms with van der Waals surface area (Å²) in [5.74, 6) is 1.58. The summed E-state index contributed by atoms with van der Waals surface area (Å²) in [5, 5.41) is 16.0. The number of aromatic amines is 1. The molecule has 22 heavy (non-hydrogen) atoms. The van der Waals surface area contributed by atoms with E-state index >= 15 is 0 Å². The van der Waals surface area contributed by atoms with Crippen molar-refractivity contribution in [3.8, 4) is 11.8 Å². The van der Waals surface area contributed by atoms with E-state index in [0.29, 0.717) is 17.9 Å². The Kier molecular flexibility index (Phi) is 4.66. The number of aromatic nitrogens is 3. The maximum absolute atomic E-state index is 9.07. The fourth-order valence-corrected chi connectivity index (χ4v) is 2.90. The molecule has 1 saturated heterocycles. The van der Waals surface area contributed by atoms with Crippen molar-refractivity contribution < 1.29 is 4.74 Å². The van der Waals surface area contributed by atoms with Gasteiger partial charge in [0.25, 0.3) is 0 Å². The Morgan fingerprint density at radius 3 is 3.09 bits per heavy atom. The van der Waals surface area contributed by atoms with Crippen molar-refractivity contribution in [3.05, 3.63) is 42.0 Å². The zero-order valence-electron chi connectivity index (χ0n) is 12.4. The van der Waals surface area contributed by atoms with Crippen molar-refractivity contribution in [2.45, 2.75) is 25.3 Å². The zero-order chi connectivity index (χ0) is 15.2. The van der Waals surface area contributed by atoms with Crippen LogP contribution >= 0.6 is 0 Å². The van der Waals surface area contributed by atoms with Gasteiger partial charge in [-0.15, -0.1) is 0 Å². The summed E-state index contributed by atoms with van der Waals surface area (Å²) in [4.78, 5) is 6.67. The zero-order valence-corrected chi connectivity index (χ0v) is 12.4. The van der Waals surface area contributed by atoms with Crippen LogP contribution in [0.2, 0.25) is 0 Å². The molecule has 0 saturated carbocycles. The van der Waals surface area contributed by atoms with E-state index in [9.17, 15) is 0 Å². The maximum Gasteiger partial charge on any atom is 0.141 e. The summed E-state index contributed by atoms with van der Waals surface area (Å²) in [6, 6.07) is 9.77. The Morgan fingerprint density at radius 1 is 1.36 bits per heavy atom. The number of benzene rings is 1. The van der Waals surface area contributed by atoms with Gasteiger partial charge in [0, 0.05) is 6.54 Å². The normalized spacial score (nSPS) is 18.8. The molecule has 6 heteroatoms. The average molecular weight is 297 g/mol. The lowest BCUT2D eigenvalue weighted by atomic mass is 10.0. The molecule has 3 rings (SSSR count). The number of likely N-dealkylation sites (tertiary alicyclic amines) is 1. The first kappa shape index (κ1) is 14.5. The first-order valence-corrected chi connectivity index (χ1v) is 7.59. The molecule has 114 valence electrons. The number of rotatable bonds is 5. The van der Waals surface area contributed by atoms with Crippen LogP contribution in [0, 0.1) is 11.3 Å². The molecule has 1 atom stereocenters. The Labute approximate surface area is 129 Å². The van der Waals surface area contributed by atoms with E-state index in [1.807, 2.05) is 18.2 Å². The molecule has 1 aliphatic rings. The molecule has 2 aromatic rings. The van der Waals surface area contributed by atoms with Crippen LogP contribution in [0.4, 0.5) is 0 Å². The van der Waals surface area contributed by atoms with Crippen molar-refractivity contribution in [2.75, 3.05) is 19.7 Å². The van der Waals surface area contributed by atoms with E-state index in [4.69, 9.17) is 10.00 Å². The van der Waals surface area contributed by atoms with Gasteiger partial charge in [-0.25, -0.2) is 4.98 Å². The van der Waals surface area contributed by atoms with Crippen molar-refractivity contribution in [3.63, 3.8) is 0 Å². The highest BCUT2D eigenvalue weighted by molar-refractivity contribution is 5.42. The molecule has 0 unspecified atom stereocenters. The second kappa shape index (κ2) is 7.05. The Morgan fingerprint density at radius 2 is 2.27 bits per heavy atom. The molecular formula is C16H19N5O. The van der Waals surface area contributed by atoms with Gasteiger partial charge in [0.05, 0.1) is 11.6 Å². The monoisotopic (exact) mass is 297 g/mol. The number of hydrogen-bond donors (Lipinski definition) is 1. The molecule has 0 radical (unpaired) electrons. The van der Waals surface area contributed by atoms with Crippen molar-refractivity contribution in [1.29, 1.82) is 5.26 Å². The second-order valence-corrected chi connectivity index (χ2v) is 5.37. The molecule has 0 aliphatic carbocycles. The quantitative estimate of drug-likeness (QED) is 0.916. The first-order valence-electron chi connectivity index (χ1n) is 7.59. The summed E-state index contributed by atoms with van der Waals surface area (Å²) in [6.45, 7) is 2.41. The Bertz CT molecular complexity index is 634. The Hall–Kier alpha value is -2.39. The molecule has 1 aromatic heterocycles. The van der Waals surface area contributed by atoms with Crippen molar-refractivity contribution >= 4 is 0 Å². The third kappa shape index (κ3) is 3.26. The average Bonchev–Trinajstić information content (AvgIpc) is 3.10. The predicted octanol–water partition coefficient (Wildman–Crippen LogP) is 2.28. The van der Waals surface area contributed by atoms with Crippen LogP contribution < -0.4 is 4.74 Å². The van der Waals surface area contributed by atoms with Gasteiger partial charge in [0.2, 0.25) is 0 Å². The number of H-pyrrole nitrogens is 1. The molecule has 0 bridgehead atoms. The van der Waals surface area contributed by atoms with Crippen LogP contribution in [-0.4, -0.2) is 39.8 Å². The van der Waals surface area contributed by atoms with Gasteiger partial charge in [-0.3, -0.25) is 10.00 Å². The van der Waals surface area contributed by atoms with Crippen LogP contribution in [0.5, 0.6) is 5.75 Å². The highest BCUT2D eigenvalue weighted by Gasteiger charge is 2.25. The minimum Gasteiger partial charge on any atom is -0.491 e. The smallest absolute Gasteiger partial charge is 0.141 e. The van der Waals surface area contributed by atoms with E-state index in [2.05, 4.69) is 26.2 Å². The third-order valence-electron chi connectivity index (χ3n) is 4.01. The van der Waals surface area contributed by atoms with E-state index in [1.165, 1.54) is 12.8 Å². The highest BCUT2D eigenvalue weighted by Crippen LogP contribution is 2.28. The molecule has 1 aromatic carbocycles.